The van der Waals surface area contributed by atoms with Crippen LogP contribution in [0.25, 0.3) is 0 Å². The monoisotopic (exact) mass is 415 g/mol. The molecule has 2 N–H and O–H groups in total. The Hall–Kier alpha value is -3.41. The molecule has 1 fully saturated rings. The quantitative estimate of drug-likeness (QED) is 0.568. The highest BCUT2D eigenvalue weighted by atomic mass is 16.1. The van der Waals surface area contributed by atoms with Gasteiger partial charge in [0.25, 0.3) is 0 Å². The molecular weight excluding hydrogens is 386 g/mol. The summed E-state index contributed by atoms with van der Waals surface area (Å²) in [7, 11) is 0. The van der Waals surface area contributed by atoms with E-state index in [9.17, 15) is 4.79 Å². The Morgan fingerprint density at radius 3 is 2.45 bits per heavy atom. The third-order valence-electron chi connectivity index (χ3n) is 5.42. The van der Waals surface area contributed by atoms with Crippen LogP contribution in [0.1, 0.15) is 36.1 Å². The van der Waals surface area contributed by atoms with Crippen LogP contribution in [0.5, 0.6) is 0 Å². The number of amides is 1. The predicted octanol–water partition coefficient (Wildman–Crippen LogP) is 5.01. The summed E-state index contributed by atoms with van der Waals surface area (Å²) in [6.45, 7) is 6.15. The zero-order valence-corrected chi connectivity index (χ0v) is 18.2. The number of benzene rings is 2. The molecule has 0 aliphatic carbocycles. The predicted molar refractivity (Wildman–Crippen MR) is 126 cm³/mol. The summed E-state index contributed by atoms with van der Waals surface area (Å²) in [5.74, 6) is 1.58. The zero-order chi connectivity index (χ0) is 21.6. The van der Waals surface area contributed by atoms with Crippen LogP contribution in [0.3, 0.4) is 0 Å². The number of aryl methyl sites for hydroxylation is 3. The van der Waals surface area contributed by atoms with Crippen LogP contribution in [-0.4, -0.2) is 29.0 Å². The first-order valence-corrected chi connectivity index (χ1v) is 10.9. The van der Waals surface area contributed by atoms with Gasteiger partial charge in [-0.1, -0.05) is 29.8 Å². The van der Waals surface area contributed by atoms with Crippen molar-refractivity contribution in [2.75, 3.05) is 28.6 Å². The Morgan fingerprint density at radius 2 is 1.71 bits per heavy atom. The van der Waals surface area contributed by atoms with Crippen molar-refractivity contribution in [2.45, 2.75) is 39.5 Å². The fourth-order valence-electron chi connectivity index (χ4n) is 3.83. The van der Waals surface area contributed by atoms with E-state index >= 15 is 0 Å². The number of carbonyl (C=O) groups excluding carboxylic acids is 1. The molecule has 1 saturated heterocycles. The maximum Gasteiger partial charge on any atom is 0.229 e. The molecule has 6 nitrogen and oxygen atoms in total. The Balaban J connectivity index is 1.33. The number of aromatic nitrogens is 2. The average Bonchev–Trinajstić information content (AvgIpc) is 3.28. The number of rotatable bonds is 7. The molecule has 31 heavy (non-hydrogen) atoms. The smallest absolute Gasteiger partial charge is 0.229 e. The van der Waals surface area contributed by atoms with E-state index < -0.39 is 0 Å². The van der Waals surface area contributed by atoms with E-state index in [1.807, 2.05) is 43.3 Å². The highest BCUT2D eigenvalue weighted by molar-refractivity contribution is 5.91. The average molecular weight is 416 g/mol. The summed E-state index contributed by atoms with van der Waals surface area (Å²) in [4.78, 5) is 23.8. The van der Waals surface area contributed by atoms with E-state index in [4.69, 9.17) is 0 Å². The topological polar surface area (TPSA) is 70.2 Å². The van der Waals surface area contributed by atoms with E-state index in [2.05, 4.69) is 50.6 Å². The minimum atomic E-state index is 0.0134. The summed E-state index contributed by atoms with van der Waals surface area (Å²) in [6, 6.07) is 17.9. The van der Waals surface area contributed by atoms with Crippen LogP contribution in [0.15, 0.2) is 54.6 Å². The van der Waals surface area contributed by atoms with Gasteiger partial charge in [-0.25, -0.2) is 4.98 Å². The van der Waals surface area contributed by atoms with Gasteiger partial charge in [-0.2, -0.15) is 4.98 Å². The highest BCUT2D eigenvalue weighted by Crippen LogP contribution is 2.22. The van der Waals surface area contributed by atoms with Gasteiger partial charge >= 0.3 is 0 Å². The minimum Gasteiger partial charge on any atom is -0.356 e. The summed E-state index contributed by atoms with van der Waals surface area (Å²) in [6.07, 6.45) is 3.62. The van der Waals surface area contributed by atoms with Crippen LogP contribution in [-0.2, 0) is 11.2 Å². The third kappa shape index (κ3) is 5.81. The molecule has 1 aromatic heterocycles. The number of nitrogens with zero attached hydrogens (tertiary/aromatic N) is 3. The van der Waals surface area contributed by atoms with Crippen LogP contribution in [0.4, 0.5) is 23.1 Å². The van der Waals surface area contributed by atoms with E-state index in [0.717, 1.165) is 42.4 Å². The number of nitrogens with one attached hydrogen (secondary N) is 2. The van der Waals surface area contributed by atoms with Gasteiger partial charge in [-0.3, -0.25) is 4.79 Å². The van der Waals surface area contributed by atoms with Gasteiger partial charge in [0.05, 0.1) is 0 Å². The maximum atomic E-state index is 12.3. The van der Waals surface area contributed by atoms with Gasteiger partial charge in [0.1, 0.15) is 5.82 Å². The fraction of sp³-hybridized carbons (Fsp3) is 0.320. The molecule has 2 heterocycles. The number of hydrogen-bond donors (Lipinski definition) is 2. The standard InChI is InChI=1S/C25H29N5O/c1-18-6-5-7-20(16-18)8-13-24(31)27-21-9-11-22(12-10-21)28-25-26-19(2)17-23(29-25)30-14-3-4-15-30/h5-7,9-12,16-17H,3-4,8,13-15H2,1-2H3,(H,27,31)(H,26,28,29). The lowest BCUT2D eigenvalue weighted by atomic mass is 10.1. The molecule has 0 saturated carbocycles. The Bertz CT molecular complexity index is 1040. The van der Waals surface area contributed by atoms with Crippen molar-refractivity contribution in [3.63, 3.8) is 0 Å². The molecule has 4 rings (SSSR count). The lowest BCUT2D eigenvalue weighted by Crippen LogP contribution is -2.19. The van der Waals surface area contributed by atoms with Crippen LogP contribution in [0.2, 0.25) is 0 Å². The summed E-state index contributed by atoms with van der Waals surface area (Å²) in [5.41, 5.74) is 5.00. The van der Waals surface area contributed by atoms with Crippen molar-refractivity contribution >= 4 is 29.0 Å². The first-order chi connectivity index (χ1) is 15.0. The van der Waals surface area contributed by atoms with Crippen molar-refractivity contribution in [2.24, 2.45) is 0 Å². The van der Waals surface area contributed by atoms with E-state index in [0.29, 0.717) is 12.4 Å². The molecule has 1 aliphatic rings. The Morgan fingerprint density at radius 1 is 0.968 bits per heavy atom. The lowest BCUT2D eigenvalue weighted by Gasteiger charge is -2.17. The molecule has 2 aromatic carbocycles. The molecule has 3 aromatic rings. The fourth-order valence-corrected chi connectivity index (χ4v) is 3.83. The van der Waals surface area contributed by atoms with E-state index in [-0.39, 0.29) is 5.91 Å². The highest BCUT2D eigenvalue weighted by Gasteiger charge is 2.15. The SMILES string of the molecule is Cc1cccc(CCC(=O)Nc2ccc(Nc3nc(C)cc(N4CCCC4)n3)cc2)c1. The second-order valence-electron chi connectivity index (χ2n) is 8.12. The zero-order valence-electron chi connectivity index (χ0n) is 18.2. The molecule has 0 bridgehead atoms. The molecule has 160 valence electrons. The van der Waals surface area contributed by atoms with Crippen molar-refractivity contribution < 1.29 is 4.79 Å². The normalized spacial score (nSPS) is 13.3. The maximum absolute atomic E-state index is 12.3. The first kappa shape index (κ1) is 20.8. The Kier molecular flexibility index (Phi) is 6.46. The second kappa shape index (κ2) is 9.60. The Labute approximate surface area is 183 Å². The van der Waals surface area contributed by atoms with Gasteiger partial charge in [0.15, 0.2) is 0 Å². The lowest BCUT2D eigenvalue weighted by molar-refractivity contribution is -0.116. The molecule has 0 spiro atoms. The summed E-state index contributed by atoms with van der Waals surface area (Å²) in [5, 5.41) is 6.25. The number of carbonyl (C=O) groups is 1. The molecule has 0 atom stereocenters. The summed E-state index contributed by atoms with van der Waals surface area (Å²) < 4.78 is 0. The van der Waals surface area contributed by atoms with Crippen molar-refractivity contribution in [3.05, 3.63) is 71.4 Å². The van der Waals surface area contributed by atoms with Crippen molar-refractivity contribution in [3.8, 4) is 0 Å². The van der Waals surface area contributed by atoms with Crippen molar-refractivity contribution in [1.82, 2.24) is 9.97 Å². The van der Waals surface area contributed by atoms with Gasteiger partial charge in [0, 0.05) is 42.6 Å². The number of hydrogen-bond acceptors (Lipinski definition) is 5. The molecule has 1 aliphatic heterocycles. The molecular formula is C25H29N5O. The van der Waals surface area contributed by atoms with E-state index in [1.165, 1.54) is 24.0 Å². The van der Waals surface area contributed by atoms with Gasteiger partial charge in [-0.05, 0) is 62.9 Å². The first-order valence-electron chi connectivity index (χ1n) is 10.9. The second-order valence-corrected chi connectivity index (χ2v) is 8.12. The van der Waals surface area contributed by atoms with Gasteiger partial charge in [-0.15, -0.1) is 0 Å². The molecule has 0 unspecified atom stereocenters. The minimum absolute atomic E-state index is 0.0134. The van der Waals surface area contributed by atoms with Crippen molar-refractivity contribution in [1.29, 1.82) is 0 Å². The third-order valence-corrected chi connectivity index (χ3v) is 5.42. The van der Waals surface area contributed by atoms with E-state index in [1.54, 1.807) is 0 Å². The van der Waals surface area contributed by atoms with Gasteiger partial charge < -0.3 is 15.5 Å². The molecule has 6 heteroatoms. The summed E-state index contributed by atoms with van der Waals surface area (Å²) >= 11 is 0. The van der Waals surface area contributed by atoms with Crippen LogP contribution in [0, 0.1) is 13.8 Å². The molecule has 1 amide bonds. The number of anilines is 4. The van der Waals surface area contributed by atoms with Crippen LogP contribution < -0.4 is 15.5 Å². The van der Waals surface area contributed by atoms with Crippen LogP contribution >= 0.6 is 0 Å². The molecule has 0 radical (unpaired) electrons. The largest absolute Gasteiger partial charge is 0.356 e. The van der Waals surface area contributed by atoms with Gasteiger partial charge in [0.2, 0.25) is 11.9 Å².